The van der Waals surface area contributed by atoms with Gasteiger partial charge in [0.15, 0.2) is 0 Å². The lowest BCUT2D eigenvalue weighted by Gasteiger charge is -1.92. The summed E-state index contributed by atoms with van der Waals surface area (Å²) < 4.78 is 0. The minimum atomic E-state index is 0.969. The Hall–Kier alpha value is -0.480. The summed E-state index contributed by atoms with van der Waals surface area (Å²) in [4.78, 5) is 0. The monoisotopic (exact) mass is 126 g/mol. The van der Waals surface area contributed by atoms with E-state index in [4.69, 9.17) is 0 Å². The van der Waals surface area contributed by atoms with E-state index in [-0.39, 0.29) is 0 Å². The predicted molar refractivity (Wildman–Crippen MR) is 40.0 cm³/mol. The summed E-state index contributed by atoms with van der Waals surface area (Å²) in [7, 11) is 0. The van der Waals surface area contributed by atoms with Gasteiger partial charge in [0.2, 0.25) is 0 Å². The molecule has 0 atom stereocenters. The third-order valence-corrected chi connectivity index (χ3v) is 1.18. The van der Waals surface area contributed by atoms with E-state index < -0.39 is 0 Å². The van der Waals surface area contributed by atoms with E-state index in [2.05, 4.69) is 24.1 Å². The normalized spacial score (nSPS) is 8.22. The van der Waals surface area contributed by atoms with E-state index in [1.165, 1.54) is 19.4 Å². The number of rotatable bonds is 4. The maximum Gasteiger partial charge on any atom is 0.137 e. The molecule has 0 fully saturated rings. The maximum atomic E-state index is 3.00. The number of nitrogens with two attached hydrogens (primary N) is 1. The van der Waals surface area contributed by atoms with Gasteiger partial charge in [-0.2, -0.15) is 0 Å². The van der Waals surface area contributed by atoms with Crippen LogP contribution in [-0.4, -0.2) is 13.1 Å². The van der Waals surface area contributed by atoms with Crippen LogP contribution in [0.15, 0.2) is 0 Å². The standard InChI is InChI=1S/C8H15N/c1-3-5-7-9-8-6-4-2/h9H,3,5,7-8H2,1-2H3/p+1. The van der Waals surface area contributed by atoms with E-state index in [1.54, 1.807) is 0 Å². The van der Waals surface area contributed by atoms with Crippen LogP contribution in [0.25, 0.3) is 0 Å². The summed E-state index contributed by atoms with van der Waals surface area (Å²) in [6.45, 7) is 6.29. The first-order valence-corrected chi connectivity index (χ1v) is 3.63. The summed E-state index contributed by atoms with van der Waals surface area (Å²) in [5, 5.41) is 2.25. The Morgan fingerprint density at radius 3 is 2.78 bits per heavy atom. The van der Waals surface area contributed by atoms with Crippen LogP contribution < -0.4 is 5.32 Å². The van der Waals surface area contributed by atoms with Crippen molar-refractivity contribution >= 4 is 0 Å². The molecule has 0 saturated carbocycles. The van der Waals surface area contributed by atoms with Crippen molar-refractivity contribution in [2.75, 3.05) is 13.1 Å². The Balaban J connectivity index is 2.80. The van der Waals surface area contributed by atoms with Gasteiger partial charge in [-0.15, -0.1) is 5.92 Å². The van der Waals surface area contributed by atoms with Crippen molar-refractivity contribution in [3.8, 4) is 11.8 Å². The van der Waals surface area contributed by atoms with Crippen LogP contribution >= 0.6 is 0 Å². The second-order valence-corrected chi connectivity index (χ2v) is 2.06. The molecule has 0 aromatic rings. The zero-order chi connectivity index (χ0) is 6.95. The number of quaternary nitrogens is 1. The van der Waals surface area contributed by atoms with Crippen LogP contribution in [0.1, 0.15) is 26.7 Å². The number of unbranched alkanes of at least 4 members (excludes halogenated alkanes) is 1. The highest BCUT2D eigenvalue weighted by Gasteiger charge is 1.83. The SMILES string of the molecule is CC#CC[NH2+]CCCC. The Morgan fingerprint density at radius 2 is 2.22 bits per heavy atom. The molecule has 0 unspecified atom stereocenters. The zero-order valence-corrected chi connectivity index (χ0v) is 6.41. The fourth-order valence-electron chi connectivity index (χ4n) is 0.625. The summed E-state index contributed by atoms with van der Waals surface area (Å²) in [5.74, 6) is 5.86. The van der Waals surface area contributed by atoms with Crippen LogP contribution in [0.2, 0.25) is 0 Å². The number of hydrogen-bond donors (Lipinski definition) is 1. The van der Waals surface area contributed by atoms with Gasteiger partial charge in [0.1, 0.15) is 6.54 Å². The fraction of sp³-hybridized carbons (Fsp3) is 0.750. The van der Waals surface area contributed by atoms with Crippen molar-refractivity contribution in [3.63, 3.8) is 0 Å². The molecule has 1 heteroatoms. The molecule has 0 aliphatic carbocycles. The van der Waals surface area contributed by atoms with Crippen LogP contribution in [-0.2, 0) is 0 Å². The van der Waals surface area contributed by atoms with Gasteiger partial charge in [0.05, 0.1) is 6.54 Å². The van der Waals surface area contributed by atoms with Gasteiger partial charge in [0.25, 0.3) is 0 Å². The molecular weight excluding hydrogens is 110 g/mol. The van der Waals surface area contributed by atoms with Crippen LogP contribution in [0, 0.1) is 11.8 Å². The van der Waals surface area contributed by atoms with Crippen LogP contribution in [0.4, 0.5) is 0 Å². The molecule has 0 radical (unpaired) electrons. The third kappa shape index (κ3) is 7.52. The van der Waals surface area contributed by atoms with E-state index >= 15 is 0 Å². The Bertz CT molecular complexity index is 96.9. The average molecular weight is 126 g/mol. The van der Waals surface area contributed by atoms with E-state index in [0.29, 0.717) is 0 Å². The molecule has 2 N–H and O–H groups in total. The minimum Gasteiger partial charge on any atom is -0.336 e. The van der Waals surface area contributed by atoms with E-state index in [1.807, 2.05) is 6.92 Å². The largest absolute Gasteiger partial charge is 0.336 e. The minimum absolute atomic E-state index is 0.969. The van der Waals surface area contributed by atoms with Gasteiger partial charge in [0, 0.05) is 0 Å². The second-order valence-electron chi connectivity index (χ2n) is 2.06. The number of hydrogen-bond acceptors (Lipinski definition) is 0. The van der Waals surface area contributed by atoms with Crippen molar-refractivity contribution in [1.82, 2.24) is 0 Å². The molecule has 1 nitrogen and oxygen atoms in total. The summed E-state index contributed by atoms with van der Waals surface area (Å²) in [5.41, 5.74) is 0. The molecule has 0 saturated heterocycles. The zero-order valence-electron chi connectivity index (χ0n) is 6.41. The van der Waals surface area contributed by atoms with Crippen molar-refractivity contribution < 1.29 is 5.32 Å². The first kappa shape index (κ1) is 8.52. The molecule has 0 rings (SSSR count). The molecule has 0 amide bonds. The summed E-state index contributed by atoms with van der Waals surface area (Å²) >= 11 is 0. The molecule has 0 bridgehead atoms. The lowest BCUT2D eigenvalue weighted by molar-refractivity contribution is -0.644. The molecule has 0 aromatic carbocycles. The molecule has 0 heterocycles. The lowest BCUT2D eigenvalue weighted by Crippen LogP contribution is -2.84. The van der Waals surface area contributed by atoms with Gasteiger partial charge >= 0.3 is 0 Å². The van der Waals surface area contributed by atoms with E-state index in [0.717, 1.165) is 6.54 Å². The molecule has 0 aliphatic heterocycles. The molecule has 0 aliphatic rings. The second kappa shape index (κ2) is 7.52. The first-order valence-electron chi connectivity index (χ1n) is 3.63. The quantitative estimate of drug-likeness (QED) is 0.414. The Labute approximate surface area is 57.8 Å². The first-order chi connectivity index (χ1) is 4.41. The predicted octanol–water partition coefficient (Wildman–Crippen LogP) is 0.373. The van der Waals surface area contributed by atoms with Crippen LogP contribution in [0.5, 0.6) is 0 Å². The molecular formula is C8H16N+. The highest BCUT2D eigenvalue weighted by Crippen LogP contribution is 1.76. The highest BCUT2D eigenvalue weighted by atomic mass is 14.8. The van der Waals surface area contributed by atoms with Crippen molar-refractivity contribution in [2.24, 2.45) is 0 Å². The Kier molecular flexibility index (Phi) is 7.12. The third-order valence-electron chi connectivity index (χ3n) is 1.18. The average Bonchev–Trinajstić information content (AvgIpc) is 1.89. The van der Waals surface area contributed by atoms with E-state index in [9.17, 15) is 0 Å². The van der Waals surface area contributed by atoms with Gasteiger partial charge in [-0.05, 0) is 19.3 Å². The van der Waals surface area contributed by atoms with Crippen molar-refractivity contribution in [1.29, 1.82) is 0 Å². The van der Waals surface area contributed by atoms with Gasteiger partial charge in [-0.3, -0.25) is 0 Å². The molecule has 52 valence electrons. The van der Waals surface area contributed by atoms with Crippen molar-refractivity contribution in [3.05, 3.63) is 0 Å². The maximum absolute atomic E-state index is 3.00. The van der Waals surface area contributed by atoms with Crippen LogP contribution in [0.3, 0.4) is 0 Å². The molecule has 0 aromatic heterocycles. The summed E-state index contributed by atoms with van der Waals surface area (Å²) in [6, 6.07) is 0. The van der Waals surface area contributed by atoms with Gasteiger partial charge < -0.3 is 5.32 Å². The fourth-order valence-corrected chi connectivity index (χ4v) is 0.625. The van der Waals surface area contributed by atoms with Gasteiger partial charge in [-0.25, -0.2) is 0 Å². The smallest absolute Gasteiger partial charge is 0.137 e. The summed E-state index contributed by atoms with van der Waals surface area (Å²) in [6.07, 6.45) is 2.60. The molecule has 0 spiro atoms. The molecule has 9 heavy (non-hydrogen) atoms. The van der Waals surface area contributed by atoms with Gasteiger partial charge in [-0.1, -0.05) is 13.3 Å². The highest BCUT2D eigenvalue weighted by molar-refractivity contribution is 4.93. The Morgan fingerprint density at radius 1 is 1.44 bits per heavy atom. The topological polar surface area (TPSA) is 16.6 Å². The lowest BCUT2D eigenvalue weighted by atomic mass is 10.3. The van der Waals surface area contributed by atoms with Crippen molar-refractivity contribution in [2.45, 2.75) is 26.7 Å².